The molecule has 0 saturated carbocycles. The minimum atomic E-state index is -4.57. The molecular weight excluding hydrogens is 587 g/mol. The van der Waals surface area contributed by atoms with Gasteiger partial charge in [0.15, 0.2) is 0 Å². The first-order valence-electron chi connectivity index (χ1n) is 18.6. The van der Waals surface area contributed by atoms with Crippen LogP contribution >= 0.6 is 7.82 Å². The van der Waals surface area contributed by atoms with Gasteiger partial charge < -0.3 is 28.8 Å². The van der Waals surface area contributed by atoms with Gasteiger partial charge in [0.25, 0.3) is 7.82 Å². The lowest BCUT2D eigenvalue weighted by molar-refractivity contribution is -0.870. The molecule has 45 heavy (non-hydrogen) atoms. The maximum absolute atomic E-state index is 12.7. The molecule has 0 radical (unpaired) electrons. The van der Waals surface area contributed by atoms with Crippen molar-refractivity contribution in [3.05, 3.63) is 12.2 Å². The molecule has 0 bridgehead atoms. The lowest BCUT2D eigenvalue weighted by atomic mass is 10.0. The Morgan fingerprint density at radius 3 is 1.67 bits per heavy atom. The predicted molar refractivity (Wildman–Crippen MR) is 187 cm³/mol. The molecule has 0 rings (SSSR count). The van der Waals surface area contributed by atoms with Gasteiger partial charge in [-0.2, -0.15) is 0 Å². The Bertz CT molecular complexity index is 758. The van der Waals surface area contributed by atoms with Gasteiger partial charge in [0.2, 0.25) is 5.91 Å². The number of aliphatic hydroxyl groups excluding tert-OH is 1. The first-order chi connectivity index (χ1) is 21.5. The molecule has 0 aromatic rings. The van der Waals surface area contributed by atoms with E-state index in [2.05, 4.69) is 19.2 Å². The van der Waals surface area contributed by atoms with Crippen LogP contribution in [0.25, 0.3) is 0 Å². The molecule has 1 amide bonds. The van der Waals surface area contributed by atoms with Gasteiger partial charge in [-0.25, -0.2) is 0 Å². The van der Waals surface area contributed by atoms with E-state index in [0.29, 0.717) is 17.4 Å². The van der Waals surface area contributed by atoms with E-state index in [1.54, 1.807) is 6.08 Å². The largest absolute Gasteiger partial charge is 0.756 e. The van der Waals surface area contributed by atoms with Gasteiger partial charge in [0, 0.05) is 6.42 Å². The summed E-state index contributed by atoms with van der Waals surface area (Å²) in [5, 5.41) is 13.7. The number of phosphoric ester groups is 1. The van der Waals surface area contributed by atoms with E-state index in [1.807, 2.05) is 27.2 Å². The number of likely N-dealkylation sites (N-methyl/N-ethyl adjacent to an activating group) is 1. The first-order valence-corrected chi connectivity index (χ1v) is 20.0. The molecule has 3 unspecified atom stereocenters. The summed E-state index contributed by atoms with van der Waals surface area (Å²) in [5.41, 5.74) is 0. The number of carbonyl (C=O) groups is 1. The molecule has 0 aliphatic rings. The Balaban J connectivity index is 4.55. The number of hydrogen-bond acceptors (Lipinski definition) is 6. The van der Waals surface area contributed by atoms with Gasteiger partial charge in [-0.3, -0.25) is 9.36 Å². The van der Waals surface area contributed by atoms with Crippen molar-refractivity contribution in [1.29, 1.82) is 0 Å². The van der Waals surface area contributed by atoms with Crippen molar-refractivity contribution in [2.24, 2.45) is 0 Å². The number of hydrogen-bond donors (Lipinski definition) is 2. The van der Waals surface area contributed by atoms with Gasteiger partial charge in [-0.05, 0) is 19.3 Å². The van der Waals surface area contributed by atoms with Crippen LogP contribution in [-0.4, -0.2) is 68.5 Å². The summed E-state index contributed by atoms with van der Waals surface area (Å²) in [6.07, 6.45) is 29.6. The minimum Gasteiger partial charge on any atom is -0.756 e. The van der Waals surface area contributed by atoms with E-state index in [1.165, 1.54) is 103 Å². The third-order valence-electron chi connectivity index (χ3n) is 8.25. The molecule has 0 aliphatic carbocycles. The molecular formula is C36H73N2O6P. The summed E-state index contributed by atoms with van der Waals surface area (Å²) in [5.74, 6) is -0.200. The molecule has 0 spiro atoms. The molecule has 0 aromatic heterocycles. The Labute approximate surface area is 278 Å². The van der Waals surface area contributed by atoms with E-state index >= 15 is 0 Å². The van der Waals surface area contributed by atoms with Crippen LogP contribution in [0.1, 0.15) is 162 Å². The zero-order valence-electron chi connectivity index (χ0n) is 30.1. The highest BCUT2D eigenvalue weighted by Crippen LogP contribution is 2.38. The fourth-order valence-corrected chi connectivity index (χ4v) is 5.93. The molecule has 9 heteroatoms. The highest BCUT2D eigenvalue weighted by atomic mass is 31.2. The van der Waals surface area contributed by atoms with Crippen molar-refractivity contribution in [1.82, 2.24) is 5.32 Å². The van der Waals surface area contributed by atoms with Gasteiger partial charge >= 0.3 is 0 Å². The van der Waals surface area contributed by atoms with E-state index in [0.717, 1.165) is 38.5 Å². The highest BCUT2D eigenvalue weighted by molar-refractivity contribution is 7.45. The monoisotopic (exact) mass is 661 g/mol. The lowest BCUT2D eigenvalue weighted by Crippen LogP contribution is -2.45. The molecule has 3 atom stereocenters. The van der Waals surface area contributed by atoms with Crippen LogP contribution in [0.3, 0.4) is 0 Å². The number of quaternary nitrogens is 1. The number of amides is 1. The van der Waals surface area contributed by atoms with Crippen LogP contribution in [0, 0.1) is 0 Å². The fourth-order valence-electron chi connectivity index (χ4n) is 5.21. The molecule has 268 valence electrons. The summed E-state index contributed by atoms with van der Waals surface area (Å²) in [6.45, 7) is 4.61. The van der Waals surface area contributed by atoms with E-state index in [-0.39, 0.29) is 19.1 Å². The topological polar surface area (TPSA) is 108 Å². The fraction of sp³-hybridized carbons (Fsp3) is 0.917. The molecule has 0 aromatic carbocycles. The van der Waals surface area contributed by atoms with Crippen molar-refractivity contribution in [3.8, 4) is 0 Å². The van der Waals surface area contributed by atoms with Crippen molar-refractivity contribution in [2.45, 2.75) is 174 Å². The van der Waals surface area contributed by atoms with E-state index in [4.69, 9.17) is 9.05 Å². The number of rotatable bonds is 33. The maximum Gasteiger partial charge on any atom is 0.268 e. The standard InChI is InChI=1S/C36H73N2O6P/c1-6-8-10-12-14-16-18-20-22-24-26-28-30-36(40)37-34(33-44-45(41,42)43-32-31-38(3,4)5)35(39)29-27-25-23-21-19-17-15-13-11-9-7-2/h27,29,34-35,39H,6-26,28,30-33H2,1-5H3,(H-,37,40,41,42)/b29-27+. The van der Waals surface area contributed by atoms with E-state index < -0.39 is 20.0 Å². The van der Waals surface area contributed by atoms with Crippen LogP contribution in [0.4, 0.5) is 0 Å². The highest BCUT2D eigenvalue weighted by Gasteiger charge is 2.23. The average Bonchev–Trinajstić information content (AvgIpc) is 2.97. The average molecular weight is 661 g/mol. The van der Waals surface area contributed by atoms with Crippen molar-refractivity contribution in [3.63, 3.8) is 0 Å². The Morgan fingerprint density at radius 1 is 0.756 bits per heavy atom. The van der Waals surface area contributed by atoms with Gasteiger partial charge in [0.1, 0.15) is 13.2 Å². The van der Waals surface area contributed by atoms with Crippen LogP contribution in [0.15, 0.2) is 12.2 Å². The number of allylic oxidation sites excluding steroid dienone is 1. The Hall–Kier alpha value is -0.760. The first kappa shape index (κ1) is 44.2. The number of phosphoric acid groups is 1. The molecule has 0 aliphatic heterocycles. The summed E-state index contributed by atoms with van der Waals surface area (Å²) in [6, 6.07) is -0.876. The number of nitrogens with one attached hydrogen (secondary N) is 1. The number of carbonyl (C=O) groups excluding carboxylic acids is 1. The summed E-state index contributed by atoms with van der Waals surface area (Å²) in [7, 11) is 1.26. The third kappa shape index (κ3) is 31.6. The second-order valence-electron chi connectivity index (χ2n) is 13.9. The van der Waals surface area contributed by atoms with Crippen LogP contribution in [0.2, 0.25) is 0 Å². The quantitative estimate of drug-likeness (QED) is 0.0316. The minimum absolute atomic E-state index is 0.00145. The second-order valence-corrected chi connectivity index (χ2v) is 15.3. The van der Waals surface area contributed by atoms with Crippen molar-refractivity contribution >= 4 is 13.7 Å². The number of nitrogens with zero attached hydrogens (tertiary/aromatic N) is 1. The van der Waals surface area contributed by atoms with Crippen molar-refractivity contribution in [2.75, 3.05) is 40.9 Å². The zero-order valence-corrected chi connectivity index (χ0v) is 31.0. The summed E-state index contributed by atoms with van der Waals surface area (Å²) in [4.78, 5) is 25.1. The van der Waals surface area contributed by atoms with Crippen LogP contribution in [0.5, 0.6) is 0 Å². The van der Waals surface area contributed by atoms with Gasteiger partial charge in [0.05, 0.1) is 39.9 Å². The SMILES string of the molecule is CCCCCCCCCCC/C=C/C(O)C(COP(=O)([O-])OCC[N+](C)(C)C)NC(=O)CCCCCCCCCCCCCC. The van der Waals surface area contributed by atoms with Gasteiger partial charge in [-0.1, -0.05) is 148 Å². The molecule has 0 saturated heterocycles. The normalized spacial score (nSPS) is 14.9. The lowest BCUT2D eigenvalue weighted by Gasteiger charge is -2.29. The Morgan fingerprint density at radius 2 is 1.20 bits per heavy atom. The Kier molecular flexibility index (Phi) is 28.9. The van der Waals surface area contributed by atoms with E-state index in [9.17, 15) is 19.4 Å². The zero-order chi connectivity index (χ0) is 33.7. The predicted octanol–water partition coefficient (Wildman–Crippen LogP) is 8.61. The number of aliphatic hydroxyl groups is 1. The maximum atomic E-state index is 12.7. The van der Waals surface area contributed by atoms with Crippen LogP contribution in [-0.2, 0) is 18.4 Å². The number of unbranched alkanes of at least 4 members (excludes halogenated alkanes) is 20. The van der Waals surface area contributed by atoms with Gasteiger partial charge in [-0.15, -0.1) is 0 Å². The third-order valence-corrected chi connectivity index (χ3v) is 9.21. The molecule has 8 nitrogen and oxygen atoms in total. The molecule has 2 N–H and O–H groups in total. The molecule has 0 fully saturated rings. The summed E-state index contributed by atoms with van der Waals surface area (Å²) >= 11 is 0. The second kappa shape index (κ2) is 29.4. The molecule has 0 heterocycles. The van der Waals surface area contributed by atoms with Crippen LogP contribution < -0.4 is 10.2 Å². The summed E-state index contributed by atoms with van der Waals surface area (Å²) < 4.78 is 23.0. The smallest absolute Gasteiger partial charge is 0.268 e. The van der Waals surface area contributed by atoms with Crippen molar-refractivity contribution < 1.29 is 32.9 Å².